The highest BCUT2D eigenvalue weighted by atomic mass is 16.4. The molecule has 3 nitrogen and oxygen atoms in total. The summed E-state index contributed by atoms with van der Waals surface area (Å²) in [7, 11) is 4.00. The normalized spacial score (nSPS) is 12.8. The van der Waals surface area contributed by atoms with E-state index in [4.69, 9.17) is 5.11 Å². The number of nitrogens with zero attached hydrogens (tertiary/aromatic N) is 1. The molecule has 1 N–H and O–H groups in total. The van der Waals surface area contributed by atoms with E-state index in [1.807, 2.05) is 45.3 Å². The maximum atomic E-state index is 11.1. The second kappa shape index (κ2) is 5.66. The fourth-order valence-corrected chi connectivity index (χ4v) is 1.83. The average Bonchev–Trinajstić information content (AvgIpc) is 2.17. The van der Waals surface area contributed by atoms with Gasteiger partial charge < -0.3 is 10.0 Å². The van der Waals surface area contributed by atoms with Gasteiger partial charge in [0.25, 0.3) is 0 Å². The quantitative estimate of drug-likeness (QED) is 0.829. The molecule has 0 heterocycles. The number of hydrogen-bond acceptors (Lipinski definition) is 2. The lowest BCUT2D eigenvalue weighted by atomic mass is 9.95. The Hall–Kier alpha value is -1.35. The minimum Gasteiger partial charge on any atom is -0.481 e. The van der Waals surface area contributed by atoms with Crippen molar-refractivity contribution in [3.8, 4) is 0 Å². The zero-order valence-electron chi connectivity index (χ0n) is 10.1. The highest BCUT2D eigenvalue weighted by Gasteiger charge is 2.17. The molecule has 1 aromatic rings. The van der Waals surface area contributed by atoms with Crippen LogP contribution in [0, 0.1) is 0 Å². The summed E-state index contributed by atoms with van der Waals surface area (Å²) >= 11 is 0. The molecule has 0 bridgehead atoms. The first-order valence-corrected chi connectivity index (χ1v) is 5.51. The number of carbonyl (C=O) groups is 1. The van der Waals surface area contributed by atoms with Gasteiger partial charge in [-0.15, -0.1) is 0 Å². The molecule has 0 radical (unpaired) electrons. The fraction of sp³-hybridized carbons (Fsp3) is 0.462. The Bertz CT molecular complexity index is 361. The van der Waals surface area contributed by atoms with Gasteiger partial charge in [-0.1, -0.05) is 31.2 Å². The van der Waals surface area contributed by atoms with Crippen molar-refractivity contribution in [3.63, 3.8) is 0 Å². The molecule has 0 aromatic heterocycles. The van der Waals surface area contributed by atoms with Crippen molar-refractivity contribution in [2.45, 2.75) is 25.8 Å². The summed E-state index contributed by atoms with van der Waals surface area (Å²) in [6.45, 7) is 2.74. The van der Waals surface area contributed by atoms with Crippen molar-refractivity contribution in [2.24, 2.45) is 0 Å². The fourth-order valence-electron chi connectivity index (χ4n) is 1.83. The molecule has 88 valence electrons. The van der Waals surface area contributed by atoms with Gasteiger partial charge in [-0.2, -0.15) is 0 Å². The number of carboxylic acids is 1. The van der Waals surface area contributed by atoms with E-state index in [-0.39, 0.29) is 5.92 Å². The molecule has 16 heavy (non-hydrogen) atoms. The van der Waals surface area contributed by atoms with E-state index in [0.29, 0.717) is 6.42 Å². The molecule has 0 aliphatic heterocycles. The molecular weight excluding hydrogens is 202 g/mol. The van der Waals surface area contributed by atoms with E-state index in [2.05, 4.69) is 4.90 Å². The molecule has 0 amide bonds. The van der Waals surface area contributed by atoms with Crippen LogP contribution in [0.25, 0.3) is 0 Å². The molecule has 1 aromatic carbocycles. The minimum absolute atomic E-state index is 0.387. The summed E-state index contributed by atoms with van der Waals surface area (Å²) in [5.41, 5.74) is 2.05. The van der Waals surface area contributed by atoms with E-state index in [9.17, 15) is 4.79 Å². The molecule has 0 aliphatic rings. The van der Waals surface area contributed by atoms with Gasteiger partial charge in [-0.25, -0.2) is 0 Å². The smallest absolute Gasteiger partial charge is 0.310 e. The summed E-state index contributed by atoms with van der Waals surface area (Å²) in [5.74, 6) is -1.13. The van der Waals surface area contributed by atoms with E-state index >= 15 is 0 Å². The lowest BCUT2D eigenvalue weighted by molar-refractivity contribution is -0.138. The van der Waals surface area contributed by atoms with Crippen LogP contribution in [0.5, 0.6) is 0 Å². The third kappa shape index (κ3) is 3.35. The zero-order valence-corrected chi connectivity index (χ0v) is 10.1. The topological polar surface area (TPSA) is 40.5 Å². The van der Waals surface area contributed by atoms with Crippen LogP contribution in [0.1, 0.15) is 30.4 Å². The van der Waals surface area contributed by atoms with Crippen LogP contribution in [0.2, 0.25) is 0 Å². The van der Waals surface area contributed by atoms with Crippen LogP contribution in [-0.2, 0) is 11.3 Å². The number of benzene rings is 1. The van der Waals surface area contributed by atoms with Crippen molar-refractivity contribution in [1.29, 1.82) is 0 Å². The van der Waals surface area contributed by atoms with Gasteiger partial charge in [-0.05, 0) is 31.6 Å². The molecule has 0 saturated heterocycles. The molecular formula is C13H19NO2. The summed E-state index contributed by atoms with van der Waals surface area (Å²) < 4.78 is 0. The number of rotatable bonds is 5. The molecule has 1 atom stereocenters. The monoisotopic (exact) mass is 221 g/mol. The van der Waals surface area contributed by atoms with Gasteiger partial charge in [0.05, 0.1) is 5.92 Å². The number of carboxylic acid groups (broad SMARTS) is 1. The van der Waals surface area contributed by atoms with Gasteiger partial charge in [0.1, 0.15) is 0 Å². The SMILES string of the molecule is CCC(C(=O)O)c1cccc(CN(C)C)c1. The second-order valence-electron chi connectivity index (χ2n) is 4.28. The lowest BCUT2D eigenvalue weighted by Crippen LogP contribution is -2.13. The van der Waals surface area contributed by atoms with Gasteiger partial charge in [-0.3, -0.25) is 4.79 Å². The van der Waals surface area contributed by atoms with Crippen molar-refractivity contribution in [3.05, 3.63) is 35.4 Å². The minimum atomic E-state index is -0.746. The summed E-state index contributed by atoms with van der Waals surface area (Å²) in [6, 6.07) is 7.83. The maximum absolute atomic E-state index is 11.1. The predicted octanol–water partition coefficient (Wildman–Crippen LogP) is 2.33. The third-order valence-electron chi connectivity index (χ3n) is 2.56. The third-order valence-corrected chi connectivity index (χ3v) is 2.56. The van der Waals surface area contributed by atoms with Crippen molar-refractivity contribution >= 4 is 5.97 Å². The molecule has 0 spiro atoms. The van der Waals surface area contributed by atoms with Crippen LogP contribution >= 0.6 is 0 Å². The van der Waals surface area contributed by atoms with Crippen LogP contribution in [-0.4, -0.2) is 30.1 Å². The molecule has 0 aliphatic carbocycles. The van der Waals surface area contributed by atoms with Crippen molar-refractivity contribution < 1.29 is 9.90 Å². The maximum Gasteiger partial charge on any atom is 0.310 e. The summed E-state index contributed by atoms with van der Waals surface area (Å²) in [4.78, 5) is 13.1. The summed E-state index contributed by atoms with van der Waals surface area (Å²) in [5, 5.41) is 9.09. The van der Waals surface area contributed by atoms with E-state index in [1.54, 1.807) is 0 Å². The van der Waals surface area contributed by atoms with Gasteiger partial charge in [0.15, 0.2) is 0 Å². The van der Waals surface area contributed by atoms with Gasteiger partial charge >= 0.3 is 5.97 Å². The first-order chi connectivity index (χ1) is 7.54. The van der Waals surface area contributed by atoms with Crippen LogP contribution in [0.15, 0.2) is 24.3 Å². The average molecular weight is 221 g/mol. The molecule has 3 heteroatoms. The van der Waals surface area contributed by atoms with Crippen molar-refractivity contribution in [1.82, 2.24) is 4.90 Å². The Balaban J connectivity index is 2.92. The Labute approximate surface area is 96.7 Å². The van der Waals surface area contributed by atoms with E-state index in [0.717, 1.165) is 17.7 Å². The number of aliphatic carboxylic acids is 1. The van der Waals surface area contributed by atoms with Crippen LogP contribution < -0.4 is 0 Å². The second-order valence-corrected chi connectivity index (χ2v) is 4.28. The molecule has 1 unspecified atom stereocenters. The lowest BCUT2D eigenvalue weighted by Gasteiger charge is -2.14. The van der Waals surface area contributed by atoms with Crippen molar-refractivity contribution in [2.75, 3.05) is 14.1 Å². The standard InChI is InChI=1S/C13H19NO2/c1-4-12(13(15)16)11-7-5-6-10(8-11)9-14(2)3/h5-8,12H,4,9H2,1-3H3,(H,15,16). The van der Waals surface area contributed by atoms with Gasteiger partial charge in [0, 0.05) is 6.54 Å². The van der Waals surface area contributed by atoms with Gasteiger partial charge in [0.2, 0.25) is 0 Å². The first kappa shape index (κ1) is 12.7. The summed E-state index contributed by atoms with van der Waals surface area (Å²) in [6.07, 6.45) is 0.626. The van der Waals surface area contributed by atoms with Crippen LogP contribution in [0.3, 0.4) is 0 Å². The Kier molecular flexibility index (Phi) is 4.50. The first-order valence-electron chi connectivity index (χ1n) is 5.51. The zero-order chi connectivity index (χ0) is 12.1. The van der Waals surface area contributed by atoms with E-state index in [1.165, 1.54) is 0 Å². The number of hydrogen-bond donors (Lipinski definition) is 1. The highest BCUT2D eigenvalue weighted by Crippen LogP contribution is 2.21. The molecule has 0 fully saturated rings. The Morgan fingerprint density at radius 2 is 2.12 bits per heavy atom. The Morgan fingerprint density at radius 3 is 2.62 bits per heavy atom. The van der Waals surface area contributed by atoms with E-state index < -0.39 is 5.97 Å². The molecule has 1 rings (SSSR count). The Morgan fingerprint density at radius 1 is 1.44 bits per heavy atom. The predicted molar refractivity (Wildman–Crippen MR) is 64.5 cm³/mol. The highest BCUT2D eigenvalue weighted by molar-refractivity contribution is 5.76. The largest absolute Gasteiger partial charge is 0.481 e. The molecule has 0 saturated carbocycles. The van der Waals surface area contributed by atoms with Crippen LogP contribution in [0.4, 0.5) is 0 Å².